The summed E-state index contributed by atoms with van der Waals surface area (Å²) in [5, 5.41) is 3.64. The Labute approximate surface area is 169 Å². The highest BCUT2D eigenvalue weighted by Gasteiger charge is 2.18. The smallest absolute Gasteiger partial charge is 0.292 e. The molecule has 29 heavy (non-hydrogen) atoms. The van der Waals surface area contributed by atoms with Crippen LogP contribution < -0.4 is 5.32 Å². The molecule has 3 aromatic heterocycles. The van der Waals surface area contributed by atoms with Crippen LogP contribution in [0.15, 0.2) is 83.5 Å². The number of aromatic nitrogens is 3. The number of furan rings is 1. The predicted octanol–water partition coefficient (Wildman–Crippen LogP) is 5.27. The van der Waals surface area contributed by atoms with Gasteiger partial charge in [-0.15, -0.1) is 0 Å². The van der Waals surface area contributed by atoms with Gasteiger partial charge in [-0.3, -0.25) is 4.79 Å². The number of thiazole rings is 1. The number of anilines is 1. The average Bonchev–Trinajstić information content (AvgIpc) is 3.45. The molecule has 0 atom stereocenters. The Kier molecular flexibility index (Phi) is 4.34. The third kappa shape index (κ3) is 3.39. The Bertz CT molecular complexity index is 1280. The van der Waals surface area contributed by atoms with E-state index < -0.39 is 0 Å². The molecule has 0 bridgehead atoms. The Balaban J connectivity index is 1.65. The number of carbonyl (C=O) groups excluding carboxylic acids is 1. The molecule has 0 aliphatic carbocycles. The molecule has 0 saturated heterocycles. The van der Waals surface area contributed by atoms with Crippen molar-refractivity contribution in [1.29, 1.82) is 0 Å². The van der Waals surface area contributed by atoms with Gasteiger partial charge in [0.2, 0.25) is 0 Å². The molecule has 0 aliphatic heterocycles. The minimum absolute atomic E-state index is 0.205. The van der Waals surface area contributed by atoms with Crippen LogP contribution in [0.5, 0.6) is 0 Å². The summed E-state index contributed by atoms with van der Waals surface area (Å²) in [5.74, 6) is 0.699. The van der Waals surface area contributed by atoms with Gasteiger partial charge >= 0.3 is 0 Å². The van der Waals surface area contributed by atoms with Crippen LogP contribution in [-0.4, -0.2) is 20.9 Å². The Morgan fingerprint density at radius 2 is 1.55 bits per heavy atom. The van der Waals surface area contributed by atoms with Crippen LogP contribution in [0, 0.1) is 0 Å². The molecule has 0 fully saturated rings. The zero-order valence-electron chi connectivity index (χ0n) is 15.1. The van der Waals surface area contributed by atoms with Crippen molar-refractivity contribution in [3.8, 4) is 22.0 Å². The number of amides is 1. The SMILES string of the molecule is O=C(Nc1nc(-c2ccccc2)nc2sc(-c3ccccc3)nc12)c1ccco1. The van der Waals surface area contributed by atoms with Crippen LogP contribution >= 0.6 is 11.3 Å². The van der Waals surface area contributed by atoms with Crippen molar-refractivity contribution in [2.45, 2.75) is 0 Å². The molecule has 0 radical (unpaired) electrons. The largest absolute Gasteiger partial charge is 0.459 e. The van der Waals surface area contributed by atoms with E-state index in [0.29, 0.717) is 22.0 Å². The lowest BCUT2D eigenvalue weighted by atomic mass is 10.2. The highest BCUT2D eigenvalue weighted by Crippen LogP contribution is 2.33. The highest BCUT2D eigenvalue weighted by atomic mass is 32.1. The molecular weight excluding hydrogens is 384 g/mol. The summed E-state index contributed by atoms with van der Waals surface area (Å²) in [6, 6.07) is 22.8. The van der Waals surface area contributed by atoms with Crippen molar-refractivity contribution in [2.75, 3.05) is 5.32 Å². The van der Waals surface area contributed by atoms with Crippen molar-refractivity contribution in [2.24, 2.45) is 0 Å². The van der Waals surface area contributed by atoms with Gasteiger partial charge in [-0.25, -0.2) is 15.0 Å². The van der Waals surface area contributed by atoms with E-state index in [0.717, 1.165) is 16.1 Å². The van der Waals surface area contributed by atoms with Gasteiger partial charge in [-0.2, -0.15) is 0 Å². The first kappa shape index (κ1) is 17.3. The normalized spacial score (nSPS) is 10.9. The maximum atomic E-state index is 12.6. The lowest BCUT2D eigenvalue weighted by Gasteiger charge is -2.06. The van der Waals surface area contributed by atoms with Crippen molar-refractivity contribution in [3.05, 3.63) is 84.8 Å². The predicted molar refractivity (Wildman–Crippen MR) is 113 cm³/mol. The highest BCUT2D eigenvalue weighted by molar-refractivity contribution is 7.21. The van der Waals surface area contributed by atoms with Gasteiger partial charge in [0.15, 0.2) is 17.4 Å². The minimum Gasteiger partial charge on any atom is -0.459 e. The quantitative estimate of drug-likeness (QED) is 0.446. The fourth-order valence-electron chi connectivity index (χ4n) is 2.91. The first-order valence-corrected chi connectivity index (χ1v) is 9.74. The van der Waals surface area contributed by atoms with Gasteiger partial charge < -0.3 is 9.73 Å². The average molecular weight is 398 g/mol. The summed E-state index contributed by atoms with van der Waals surface area (Å²) >= 11 is 1.46. The fourth-order valence-corrected chi connectivity index (χ4v) is 3.85. The molecule has 3 heterocycles. The number of hydrogen-bond donors (Lipinski definition) is 1. The van der Waals surface area contributed by atoms with Crippen LogP contribution in [0.1, 0.15) is 10.6 Å². The third-order valence-electron chi connectivity index (χ3n) is 4.29. The lowest BCUT2D eigenvalue weighted by Crippen LogP contribution is -2.13. The van der Waals surface area contributed by atoms with E-state index in [1.54, 1.807) is 12.1 Å². The van der Waals surface area contributed by atoms with Gasteiger partial charge in [-0.05, 0) is 12.1 Å². The van der Waals surface area contributed by atoms with E-state index in [-0.39, 0.29) is 11.7 Å². The summed E-state index contributed by atoms with van der Waals surface area (Å²) in [6.07, 6.45) is 1.45. The zero-order valence-corrected chi connectivity index (χ0v) is 15.9. The van der Waals surface area contributed by atoms with Gasteiger partial charge in [0.25, 0.3) is 5.91 Å². The molecule has 0 unspecified atom stereocenters. The topological polar surface area (TPSA) is 80.9 Å². The first-order valence-electron chi connectivity index (χ1n) is 8.92. The van der Waals surface area contributed by atoms with Crippen LogP contribution in [0.3, 0.4) is 0 Å². The maximum Gasteiger partial charge on any atom is 0.292 e. The molecule has 5 aromatic rings. The lowest BCUT2D eigenvalue weighted by molar-refractivity contribution is 0.0996. The molecular formula is C22H14N4O2S. The summed E-state index contributed by atoms with van der Waals surface area (Å²) in [4.78, 5) is 27.2. The summed E-state index contributed by atoms with van der Waals surface area (Å²) in [5.41, 5.74) is 2.39. The molecule has 0 spiro atoms. The van der Waals surface area contributed by atoms with E-state index in [2.05, 4.69) is 10.3 Å². The second-order valence-electron chi connectivity index (χ2n) is 6.23. The molecule has 0 aliphatic rings. The van der Waals surface area contributed by atoms with E-state index in [1.165, 1.54) is 17.6 Å². The molecule has 1 N–H and O–H groups in total. The molecule has 2 aromatic carbocycles. The standard InChI is InChI=1S/C22H14N4O2S/c27-20(16-12-7-13-28-16)25-19-17-22(26-18(24-19)14-8-3-1-4-9-14)29-21(23-17)15-10-5-2-6-11-15/h1-13H,(H,24,25,26,27). The zero-order chi connectivity index (χ0) is 19.6. The molecule has 6 nitrogen and oxygen atoms in total. The van der Waals surface area contributed by atoms with Crippen LogP contribution in [-0.2, 0) is 0 Å². The Morgan fingerprint density at radius 3 is 2.24 bits per heavy atom. The fraction of sp³-hybridized carbons (Fsp3) is 0. The van der Waals surface area contributed by atoms with Crippen LogP contribution in [0.2, 0.25) is 0 Å². The number of rotatable bonds is 4. The van der Waals surface area contributed by atoms with Gasteiger partial charge in [0, 0.05) is 11.1 Å². The minimum atomic E-state index is -0.386. The third-order valence-corrected chi connectivity index (χ3v) is 5.29. The van der Waals surface area contributed by atoms with Crippen molar-refractivity contribution in [3.63, 3.8) is 0 Å². The van der Waals surface area contributed by atoms with E-state index in [4.69, 9.17) is 14.4 Å². The molecule has 7 heteroatoms. The number of benzene rings is 2. The van der Waals surface area contributed by atoms with Crippen molar-refractivity contribution in [1.82, 2.24) is 15.0 Å². The van der Waals surface area contributed by atoms with E-state index in [9.17, 15) is 4.79 Å². The number of nitrogens with zero attached hydrogens (tertiary/aromatic N) is 3. The van der Waals surface area contributed by atoms with Gasteiger partial charge in [0.1, 0.15) is 15.4 Å². The first-order chi connectivity index (χ1) is 14.3. The van der Waals surface area contributed by atoms with E-state index in [1.807, 2.05) is 60.7 Å². The van der Waals surface area contributed by atoms with Crippen molar-refractivity contribution < 1.29 is 9.21 Å². The Hall–Kier alpha value is -3.84. The number of fused-ring (bicyclic) bond motifs is 1. The van der Waals surface area contributed by atoms with Crippen molar-refractivity contribution >= 4 is 33.4 Å². The van der Waals surface area contributed by atoms with Gasteiger partial charge in [-0.1, -0.05) is 72.0 Å². The maximum absolute atomic E-state index is 12.6. The second kappa shape index (κ2) is 7.29. The van der Waals surface area contributed by atoms with E-state index >= 15 is 0 Å². The monoisotopic (exact) mass is 398 g/mol. The molecule has 1 amide bonds. The van der Waals surface area contributed by atoms with Gasteiger partial charge in [0.05, 0.1) is 6.26 Å². The van der Waals surface area contributed by atoms with Crippen LogP contribution in [0.4, 0.5) is 5.82 Å². The second-order valence-corrected chi connectivity index (χ2v) is 7.21. The molecule has 5 rings (SSSR count). The molecule has 0 saturated carbocycles. The number of hydrogen-bond acceptors (Lipinski definition) is 6. The Morgan fingerprint density at radius 1 is 0.828 bits per heavy atom. The number of nitrogens with one attached hydrogen (secondary N) is 1. The van der Waals surface area contributed by atoms with Crippen LogP contribution in [0.25, 0.3) is 32.3 Å². The summed E-state index contributed by atoms with van der Waals surface area (Å²) in [7, 11) is 0. The summed E-state index contributed by atoms with van der Waals surface area (Å²) in [6.45, 7) is 0. The molecule has 140 valence electrons. The number of carbonyl (C=O) groups is 1. The summed E-state index contributed by atoms with van der Waals surface area (Å²) < 4.78 is 5.20.